The van der Waals surface area contributed by atoms with Gasteiger partial charge in [-0.1, -0.05) is 282 Å². The minimum absolute atomic E-state index is 0.263. The lowest BCUT2D eigenvalue weighted by atomic mass is 9.89. The van der Waals surface area contributed by atoms with E-state index >= 15 is 0 Å². The van der Waals surface area contributed by atoms with E-state index in [2.05, 4.69) is 26.0 Å². The monoisotopic (exact) mass is 775 g/mol. The molecule has 1 unspecified atom stereocenters. The third-order valence-electron chi connectivity index (χ3n) is 11.9. The molecule has 3 nitrogen and oxygen atoms in total. The quantitative estimate of drug-likeness (QED) is 0.0490. The molecule has 0 spiro atoms. The Morgan fingerprint density at radius 1 is 0.407 bits per heavy atom. The summed E-state index contributed by atoms with van der Waals surface area (Å²) in [6.45, 7) is 4.60. The van der Waals surface area contributed by atoms with Crippen molar-refractivity contribution in [3.63, 3.8) is 0 Å². The van der Waals surface area contributed by atoms with Crippen LogP contribution >= 0.6 is 0 Å². The Kier molecular flexibility index (Phi) is 36.9. The summed E-state index contributed by atoms with van der Waals surface area (Å²) in [6.07, 6.45) is 54.4. The predicted molar refractivity (Wildman–Crippen MR) is 240 cm³/mol. The number of rotatable bonds is 43. The molecule has 0 saturated carbocycles. The molecule has 4 heteroatoms. The Balaban J connectivity index is 2.27. The predicted octanol–water partition coefficient (Wildman–Crippen LogP) is 17.1. The summed E-state index contributed by atoms with van der Waals surface area (Å²) < 4.78 is 29.6. The van der Waals surface area contributed by atoms with Crippen LogP contribution in [0, 0.1) is 5.92 Å². The summed E-state index contributed by atoms with van der Waals surface area (Å²) in [5.41, 5.74) is 1.15. The van der Waals surface area contributed by atoms with E-state index in [0.29, 0.717) is 6.42 Å². The molecule has 0 bridgehead atoms. The fraction of sp³-hybridized carbons (Fsp3) is 0.880. The second-order valence-corrected chi connectivity index (χ2v) is 19.0. The molecule has 0 aliphatic carbocycles. The van der Waals surface area contributed by atoms with E-state index in [0.717, 1.165) is 24.3 Å². The van der Waals surface area contributed by atoms with Crippen LogP contribution in [0.15, 0.2) is 30.3 Å². The standard InChI is InChI=1S/C50H94O3S/c1-4-6-8-10-12-14-16-18-20-22-24-26-28-30-32-35-41-48(42-36-33-31-29-27-25-23-21-19-17-15-13-11-9-7-5-2)43-39-40-46-50(53-54(3,51)52)47-49-44-37-34-38-45-49/h34,37-38,44-45,48,50H,4-33,35-36,39-43,46-47H2,1-3H3. The number of benzene rings is 1. The van der Waals surface area contributed by atoms with Gasteiger partial charge in [-0.15, -0.1) is 0 Å². The normalized spacial score (nSPS) is 12.6. The van der Waals surface area contributed by atoms with Gasteiger partial charge in [-0.25, -0.2) is 0 Å². The summed E-state index contributed by atoms with van der Waals surface area (Å²) in [5.74, 6) is 0.826. The molecule has 1 rings (SSSR count). The van der Waals surface area contributed by atoms with Crippen LogP contribution in [0.3, 0.4) is 0 Å². The van der Waals surface area contributed by atoms with Crippen molar-refractivity contribution >= 4 is 10.1 Å². The van der Waals surface area contributed by atoms with Crippen molar-refractivity contribution in [3.8, 4) is 0 Å². The van der Waals surface area contributed by atoms with Gasteiger partial charge >= 0.3 is 0 Å². The molecular weight excluding hydrogens is 681 g/mol. The van der Waals surface area contributed by atoms with E-state index in [1.807, 2.05) is 18.2 Å². The van der Waals surface area contributed by atoms with Gasteiger partial charge in [0.1, 0.15) is 0 Å². The molecule has 0 aromatic heterocycles. The van der Waals surface area contributed by atoms with Crippen LogP contribution in [0.1, 0.15) is 263 Å². The minimum Gasteiger partial charge on any atom is -0.267 e. The lowest BCUT2D eigenvalue weighted by Gasteiger charge is -2.19. The van der Waals surface area contributed by atoms with Crippen molar-refractivity contribution in [3.05, 3.63) is 35.9 Å². The van der Waals surface area contributed by atoms with E-state index < -0.39 is 10.1 Å². The van der Waals surface area contributed by atoms with Crippen LogP contribution in [0.5, 0.6) is 0 Å². The van der Waals surface area contributed by atoms with Crippen molar-refractivity contribution in [2.45, 2.75) is 270 Å². The van der Waals surface area contributed by atoms with Crippen molar-refractivity contribution in [2.75, 3.05) is 6.26 Å². The van der Waals surface area contributed by atoms with E-state index in [-0.39, 0.29) is 6.10 Å². The molecule has 0 fully saturated rings. The molecule has 1 aromatic carbocycles. The number of unbranched alkanes of at least 4 members (excludes halogenated alkanes) is 31. The SMILES string of the molecule is CCCCCCCCCCCCCCCCCCC(CCCCCCCCCCCCCCCCCC)CCCCC(Cc1ccccc1)OS(C)(=O)=O. The van der Waals surface area contributed by atoms with Gasteiger partial charge in [-0.2, -0.15) is 8.42 Å². The number of hydrogen-bond acceptors (Lipinski definition) is 3. The van der Waals surface area contributed by atoms with E-state index in [1.165, 1.54) is 237 Å². The van der Waals surface area contributed by atoms with E-state index in [9.17, 15) is 8.42 Å². The fourth-order valence-electron chi connectivity index (χ4n) is 8.51. The maximum atomic E-state index is 12.0. The first kappa shape index (κ1) is 51.1. The van der Waals surface area contributed by atoms with Crippen LogP contribution < -0.4 is 0 Å². The molecule has 0 amide bonds. The summed E-state index contributed by atoms with van der Waals surface area (Å²) in [7, 11) is -3.46. The molecular formula is C50H94O3S. The van der Waals surface area contributed by atoms with Crippen LogP contribution in [-0.2, 0) is 20.7 Å². The smallest absolute Gasteiger partial charge is 0.264 e. The third kappa shape index (κ3) is 36.7. The van der Waals surface area contributed by atoms with E-state index in [1.54, 1.807) is 0 Å². The average molecular weight is 775 g/mol. The zero-order valence-electron chi connectivity index (χ0n) is 36.8. The molecule has 0 aliphatic heterocycles. The summed E-state index contributed by atoms with van der Waals surface area (Å²) >= 11 is 0. The Morgan fingerprint density at radius 2 is 0.685 bits per heavy atom. The number of hydrogen-bond donors (Lipinski definition) is 0. The lowest BCUT2D eigenvalue weighted by Crippen LogP contribution is -2.20. The fourth-order valence-corrected chi connectivity index (χ4v) is 9.17. The summed E-state index contributed by atoms with van der Waals surface area (Å²) in [5, 5.41) is 0. The summed E-state index contributed by atoms with van der Waals surface area (Å²) in [6, 6.07) is 10.2. The highest BCUT2D eigenvalue weighted by atomic mass is 32.2. The Hall–Kier alpha value is -0.870. The zero-order chi connectivity index (χ0) is 39.1. The van der Waals surface area contributed by atoms with Crippen LogP contribution in [0.25, 0.3) is 0 Å². The van der Waals surface area contributed by atoms with E-state index in [4.69, 9.17) is 4.18 Å². The topological polar surface area (TPSA) is 43.4 Å². The van der Waals surface area contributed by atoms with Gasteiger partial charge in [0, 0.05) is 6.42 Å². The van der Waals surface area contributed by atoms with Gasteiger partial charge in [0.05, 0.1) is 12.4 Å². The maximum absolute atomic E-state index is 12.0. The van der Waals surface area contributed by atoms with Crippen molar-refractivity contribution in [2.24, 2.45) is 5.92 Å². The maximum Gasteiger partial charge on any atom is 0.264 e. The molecule has 318 valence electrons. The molecule has 54 heavy (non-hydrogen) atoms. The first-order valence-electron chi connectivity index (χ1n) is 24.4. The van der Waals surface area contributed by atoms with Crippen molar-refractivity contribution in [1.29, 1.82) is 0 Å². The van der Waals surface area contributed by atoms with Gasteiger partial charge in [-0.3, -0.25) is 4.18 Å². The Labute approximate surface area is 339 Å². The molecule has 0 heterocycles. The molecule has 1 aromatic rings. The van der Waals surface area contributed by atoms with Crippen LogP contribution in [-0.4, -0.2) is 20.8 Å². The molecule has 0 aliphatic rings. The van der Waals surface area contributed by atoms with Gasteiger partial charge in [0.2, 0.25) is 0 Å². The zero-order valence-corrected chi connectivity index (χ0v) is 37.6. The Bertz CT molecular complexity index is 941. The van der Waals surface area contributed by atoms with Crippen molar-refractivity contribution < 1.29 is 12.6 Å². The molecule has 1 atom stereocenters. The molecule has 0 radical (unpaired) electrons. The molecule has 0 saturated heterocycles. The van der Waals surface area contributed by atoms with Crippen LogP contribution in [0.2, 0.25) is 0 Å². The third-order valence-corrected chi connectivity index (χ3v) is 12.6. The van der Waals surface area contributed by atoms with Crippen molar-refractivity contribution in [1.82, 2.24) is 0 Å². The van der Waals surface area contributed by atoms with Crippen LogP contribution in [0.4, 0.5) is 0 Å². The van der Waals surface area contributed by atoms with Gasteiger partial charge in [0.15, 0.2) is 0 Å². The second kappa shape index (κ2) is 39.0. The highest BCUT2D eigenvalue weighted by Crippen LogP contribution is 2.26. The first-order valence-corrected chi connectivity index (χ1v) is 26.2. The van der Waals surface area contributed by atoms with Gasteiger partial charge in [-0.05, 0) is 17.9 Å². The van der Waals surface area contributed by atoms with Gasteiger partial charge in [0.25, 0.3) is 10.1 Å². The second-order valence-electron chi connectivity index (χ2n) is 17.4. The first-order chi connectivity index (χ1) is 26.4. The minimum atomic E-state index is -3.46. The summed E-state index contributed by atoms with van der Waals surface area (Å²) in [4.78, 5) is 0. The largest absolute Gasteiger partial charge is 0.267 e. The van der Waals surface area contributed by atoms with Gasteiger partial charge < -0.3 is 0 Å². The highest BCUT2D eigenvalue weighted by molar-refractivity contribution is 7.86. The molecule has 0 N–H and O–H groups in total. The lowest BCUT2D eigenvalue weighted by molar-refractivity contribution is 0.195. The highest BCUT2D eigenvalue weighted by Gasteiger charge is 2.17. The Morgan fingerprint density at radius 3 is 1.00 bits per heavy atom. The average Bonchev–Trinajstić information content (AvgIpc) is 3.15.